The van der Waals surface area contributed by atoms with Crippen molar-refractivity contribution in [1.29, 1.82) is 0 Å². The van der Waals surface area contributed by atoms with E-state index in [9.17, 15) is 8.42 Å². The summed E-state index contributed by atoms with van der Waals surface area (Å²) in [5, 5.41) is 0.960. The zero-order valence-electron chi connectivity index (χ0n) is 23.7. The number of benzene rings is 1. The average Bonchev–Trinajstić information content (AvgIpc) is 2.89. The lowest BCUT2D eigenvalue weighted by Gasteiger charge is -2.31. The first-order chi connectivity index (χ1) is 18.0. The van der Waals surface area contributed by atoms with E-state index in [1.807, 2.05) is 39.0 Å². The Morgan fingerprint density at radius 1 is 0.703 bits per heavy atom. The lowest BCUT2D eigenvalue weighted by Crippen LogP contribution is -2.48. The van der Waals surface area contributed by atoms with E-state index >= 15 is 0 Å². The zero-order chi connectivity index (χ0) is 26.8. The maximum atomic E-state index is 13.4. The molecule has 0 heterocycles. The molecule has 1 aromatic rings. The summed E-state index contributed by atoms with van der Waals surface area (Å²) in [5.74, 6) is 0. The Kier molecular flexibility index (Phi) is 16.0. The summed E-state index contributed by atoms with van der Waals surface area (Å²) in [7, 11) is -6.15. The summed E-state index contributed by atoms with van der Waals surface area (Å²) in [6, 6.07) is 9.04. The van der Waals surface area contributed by atoms with Gasteiger partial charge in [0.1, 0.15) is 0 Å². The average molecular weight is 553 g/mol. The maximum absolute atomic E-state index is 13.4. The summed E-state index contributed by atoms with van der Waals surface area (Å²) in [6.45, 7) is 7.80. The van der Waals surface area contributed by atoms with Crippen molar-refractivity contribution in [3.05, 3.63) is 41.6 Å². The maximum Gasteiger partial charge on any atom is 0.532 e. The topological polar surface area (TPSA) is 61.8 Å². The normalized spacial score (nSPS) is 21.9. The van der Waals surface area contributed by atoms with E-state index < -0.39 is 18.6 Å². The molecule has 0 fully saturated rings. The van der Waals surface area contributed by atoms with Gasteiger partial charge in [-0.05, 0) is 76.6 Å². The summed E-state index contributed by atoms with van der Waals surface area (Å²) in [5.41, 5.74) is 0. The van der Waals surface area contributed by atoms with Crippen molar-refractivity contribution in [3.8, 4) is 0 Å². The van der Waals surface area contributed by atoms with Crippen LogP contribution in [0.5, 0.6) is 0 Å². The van der Waals surface area contributed by atoms with E-state index in [1.54, 1.807) is 12.1 Å². The van der Waals surface area contributed by atoms with Crippen LogP contribution in [0.25, 0.3) is 0 Å². The molecule has 1 aliphatic rings. The lowest BCUT2D eigenvalue weighted by molar-refractivity contribution is 0.0795. The highest BCUT2D eigenvalue weighted by Crippen LogP contribution is 2.29. The first-order valence-corrected chi connectivity index (χ1v) is 18.2. The first kappa shape index (κ1) is 32.2. The van der Waals surface area contributed by atoms with Gasteiger partial charge in [0, 0.05) is 19.8 Å². The van der Waals surface area contributed by atoms with Crippen LogP contribution in [0, 0.1) is 0 Å². The minimum atomic E-state index is -3.29. The third kappa shape index (κ3) is 11.0. The molecule has 1 atom stereocenters. The van der Waals surface area contributed by atoms with Crippen molar-refractivity contribution in [2.75, 3.05) is 19.8 Å². The van der Waals surface area contributed by atoms with Gasteiger partial charge >= 0.3 is 8.80 Å². The number of allylic oxidation sites excluding steroid dienone is 2. The van der Waals surface area contributed by atoms with Crippen LogP contribution < -0.4 is 0 Å². The number of sulfone groups is 1. The van der Waals surface area contributed by atoms with Gasteiger partial charge in [-0.25, -0.2) is 8.42 Å². The Balaban J connectivity index is 2.11. The molecule has 0 aromatic heterocycles. The Morgan fingerprint density at radius 2 is 1.19 bits per heavy atom. The van der Waals surface area contributed by atoms with Crippen LogP contribution in [0.4, 0.5) is 0 Å². The van der Waals surface area contributed by atoms with Crippen molar-refractivity contribution in [2.45, 2.75) is 127 Å². The van der Waals surface area contributed by atoms with Gasteiger partial charge in [-0.3, -0.25) is 0 Å². The van der Waals surface area contributed by atoms with Crippen LogP contribution in [0.2, 0.25) is 0 Å². The fraction of sp³-hybridized carbons (Fsp3) is 0.733. The third-order valence-electron chi connectivity index (χ3n) is 7.25. The highest BCUT2D eigenvalue weighted by molar-refractivity contribution is 7.92. The van der Waals surface area contributed by atoms with Gasteiger partial charge < -0.3 is 13.3 Å². The van der Waals surface area contributed by atoms with Gasteiger partial charge in [-0.15, -0.1) is 0 Å². The zero-order valence-corrected chi connectivity index (χ0v) is 25.5. The molecule has 0 spiro atoms. The summed E-state index contributed by atoms with van der Waals surface area (Å²) in [4.78, 5) is 0.473. The summed E-state index contributed by atoms with van der Waals surface area (Å²) < 4.78 is 45.5. The Labute approximate surface area is 228 Å². The summed E-state index contributed by atoms with van der Waals surface area (Å²) >= 11 is 0. The van der Waals surface area contributed by atoms with Crippen LogP contribution in [0.1, 0.15) is 117 Å². The molecule has 1 unspecified atom stereocenters. The van der Waals surface area contributed by atoms with Gasteiger partial charge in [-0.1, -0.05) is 82.1 Å². The molecule has 212 valence electrons. The van der Waals surface area contributed by atoms with E-state index in [0.717, 1.165) is 64.2 Å². The van der Waals surface area contributed by atoms with Crippen LogP contribution in [0.3, 0.4) is 0 Å². The second-order valence-electron chi connectivity index (χ2n) is 10.1. The van der Waals surface area contributed by atoms with E-state index in [-0.39, 0.29) is 5.25 Å². The van der Waals surface area contributed by atoms with Crippen molar-refractivity contribution in [3.63, 3.8) is 0 Å². The molecule has 0 N–H and O–H groups in total. The molecule has 0 radical (unpaired) electrons. The molecule has 37 heavy (non-hydrogen) atoms. The predicted molar refractivity (Wildman–Crippen MR) is 155 cm³/mol. The highest BCUT2D eigenvalue weighted by atomic mass is 32.2. The minimum Gasteiger partial charge on any atom is -0.370 e. The van der Waals surface area contributed by atoms with Crippen molar-refractivity contribution >= 4 is 18.6 Å². The highest BCUT2D eigenvalue weighted by Gasteiger charge is 2.44. The SMILES string of the molecule is CCO[Si](OCC)(OCC)/C1=C\CCCCCCCCCC(S(=O)(=O)c2ccccc2)CCCCCC1. The smallest absolute Gasteiger partial charge is 0.370 e. The second-order valence-corrected chi connectivity index (χ2v) is 14.9. The summed E-state index contributed by atoms with van der Waals surface area (Å²) in [6.07, 6.45) is 18.1. The molecule has 1 aromatic carbocycles. The van der Waals surface area contributed by atoms with Gasteiger partial charge in [0.05, 0.1) is 10.1 Å². The van der Waals surface area contributed by atoms with Crippen LogP contribution in [-0.4, -0.2) is 42.3 Å². The molecule has 1 aliphatic carbocycles. The largest absolute Gasteiger partial charge is 0.532 e. The van der Waals surface area contributed by atoms with Crippen LogP contribution >= 0.6 is 0 Å². The van der Waals surface area contributed by atoms with Crippen molar-refractivity contribution < 1.29 is 21.7 Å². The van der Waals surface area contributed by atoms with Gasteiger partial charge in [0.15, 0.2) is 9.84 Å². The molecule has 0 amide bonds. The molecule has 0 saturated carbocycles. The fourth-order valence-corrected chi connectivity index (χ4v) is 10.0. The molecule has 0 aliphatic heterocycles. The molecular formula is C30H52O5SSi. The van der Waals surface area contributed by atoms with Gasteiger partial charge in [0.25, 0.3) is 0 Å². The van der Waals surface area contributed by atoms with E-state index in [2.05, 4.69) is 6.08 Å². The Bertz CT molecular complexity index is 839. The van der Waals surface area contributed by atoms with E-state index in [1.165, 1.54) is 37.3 Å². The molecule has 0 saturated heterocycles. The second kappa shape index (κ2) is 18.3. The van der Waals surface area contributed by atoms with E-state index in [0.29, 0.717) is 24.7 Å². The number of hydrogen-bond acceptors (Lipinski definition) is 5. The predicted octanol–water partition coefficient (Wildman–Crippen LogP) is 8.21. The minimum absolute atomic E-state index is 0.279. The van der Waals surface area contributed by atoms with Crippen molar-refractivity contribution in [1.82, 2.24) is 0 Å². The number of rotatable bonds is 9. The number of hydrogen-bond donors (Lipinski definition) is 0. The lowest BCUT2D eigenvalue weighted by atomic mass is 10.0. The standard InChI is InChI=1S/C30H52O5SSi/c1-4-33-37(34-5-2,35-6-3)30-26-20-12-10-8-7-9-11-16-22-28(23-17-13-14-21-27-30)36(31,32)29-24-18-15-19-25-29/h15,18-19,24-26,28H,4-14,16-17,20-23,27H2,1-3H3/b30-26-. The van der Waals surface area contributed by atoms with E-state index in [4.69, 9.17) is 13.3 Å². The van der Waals surface area contributed by atoms with Crippen LogP contribution in [-0.2, 0) is 23.1 Å². The molecule has 2 rings (SSSR count). The van der Waals surface area contributed by atoms with Crippen molar-refractivity contribution in [2.24, 2.45) is 0 Å². The molecule has 0 bridgehead atoms. The molecule has 7 heteroatoms. The van der Waals surface area contributed by atoms with Crippen LogP contribution in [0.15, 0.2) is 46.5 Å². The van der Waals surface area contributed by atoms with Gasteiger partial charge in [0.2, 0.25) is 0 Å². The fourth-order valence-electron chi connectivity index (χ4n) is 5.33. The quantitative estimate of drug-likeness (QED) is 0.289. The molecular weight excluding hydrogens is 500 g/mol. The Morgan fingerprint density at radius 3 is 1.73 bits per heavy atom. The first-order valence-electron chi connectivity index (χ1n) is 14.9. The molecule has 5 nitrogen and oxygen atoms in total. The third-order valence-corrected chi connectivity index (χ3v) is 12.8. The Hall–Kier alpha value is -0.993. The monoisotopic (exact) mass is 552 g/mol. The van der Waals surface area contributed by atoms with Gasteiger partial charge in [-0.2, -0.15) is 0 Å².